The van der Waals surface area contributed by atoms with Gasteiger partial charge in [0.25, 0.3) is 0 Å². The van der Waals surface area contributed by atoms with Gasteiger partial charge in [0.05, 0.1) is 28.3 Å². The third-order valence-corrected chi connectivity index (χ3v) is 3.23. The van der Waals surface area contributed by atoms with Gasteiger partial charge < -0.3 is 4.42 Å². The first-order valence-corrected chi connectivity index (χ1v) is 5.83. The van der Waals surface area contributed by atoms with E-state index in [1.807, 2.05) is 12.1 Å². The predicted molar refractivity (Wildman–Crippen MR) is 67.2 cm³/mol. The molecule has 1 unspecified atom stereocenters. The lowest BCUT2D eigenvalue weighted by molar-refractivity contribution is 0.501. The van der Waals surface area contributed by atoms with E-state index in [-0.39, 0.29) is 5.92 Å². The Balaban J connectivity index is 2.24. The second kappa shape index (κ2) is 5.27. The molecule has 0 spiro atoms. The van der Waals surface area contributed by atoms with Crippen LogP contribution < -0.4 is 0 Å². The summed E-state index contributed by atoms with van der Waals surface area (Å²) >= 11 is 11.8. The third kappa shape index (κ3) is 2.82. The summed E-state index contributed by atoms with van der Waals surface area (Å²) in [7, 11) is 0. The van der Waals surface area contributed by atoms with E-state index in [4.69, 9.17) is 27.6 Å². The largest absolute Gasteiger partial charge is 0.469 e. The maximum absolute atomic E-state index is 9.17. The second-order valence-corrected chi connectivity index (χ2v) is 4.45. The van der Waals surface area contributed by atoms with Crippen LogP contribution in [0.2, 0.25) is 10.0 Å². The summed E-state index contributed by atoms with van der Waals surface area (Å²) in [4.78, 5) is 0. The maximum Gasteiger partial charge on any atom is 0.105 e. The van der Waals surface area contributed by atoms with Crippen molar-refractivity contribution in [3.8, 4) is 6.07 Å². The summed E-state index contributed by atoms with van der Waals surface area (Å²) in [5.41, 5.74) is 0.846. The Bertz CT molecular complexity index is 543. The highest BCUT2D eigenvalue weighted by Gasteiger charge is 2.14. The minimum absolute atomic E-state index is 0.282. The molecule has 17 heavy (non-hydrogen) atoms. The molecular formula is C13H9Cl2NO. The summed E-state index contributed by atoms with van der Waals surface area (Å²) in [5, 5.41) is 10.1. The average molecular weight is 266 g/mol. The van der Waals surface area contributed by atoms with Crippen molar-refractivity contribution < 1.29 is 4.42 Å². The molecule has 4 heteroatoms. The van der Waals surface area contributed by atoms with E-state index in [0.717, 1.165) is 11.3 Å². The average Bonchev–Trinajstić information content (AvgIpc) is 2.82. The first-order chi connectivity index (χ1) is 8.20. The molecule has 0 saturated carbocycles. The maximum atomic E-state index is 9.17. The van der Waals surface area contributed by atoms with Gasteiger partial charge in [-0.15, -0.1) is 0 Å². The fourth-order valence-corrected chi connectivity index (χ4v) is 1.90. The summed E-state index contributed by atoms with van der Waals surface area (Å²) in [6.07, 6.45) is 2.13. The predicted octanol–water partition coefficient (Wildman–Crippen LogP) is 4.44. The van der Waals surface area contributed by atoms with Crippen molar-refractivity contribution in [1.29, 1.82) is 5.26 Å². The summed E-state index contributed by atoms with van der Waals surface area (Å²) < 4.78 is 5.23. The van der Waals surface area contributed by atoms with Crippen molar-refractivity contribution >= 4 is 23.2 Å². The first kappa shape index (κ1) is 12.0. The van der Waals surface area contributed by atoms with E-state index in [0.29, 0.717) is 16.5 Å². The minimum Gasteiger partial charge on any atom is -0.469 e. The number of nitrogens with zero attached hydrogens (tertiary/aromatic N) is 1. The third-order valence-electron chi connectivity index (χ3n) is 2.49. The fourth-order valence-electron chi connectivity index (χ4n) is 1.60. The van der Waals surface area contributed by atoms with Gasteiger partial charge in [0.15, 0.2) is 0 Å². The van der Waals surface area contributed by atoms with Gasteiger partial charge in [-0.2, -0.15) is 5.26 Å². The molecule has 1 heterocycles. The zero-order valence-corrected chi connectivity index (χ0v) is 10.4. The second-order valence-electron chi connectivity index (χ2n) is 3.64. The lowest BCUT2D eigenvalue weighted by atomic mass is 9.96. The van der Waals surface area contributed by atoms with E-state index in [9.17, 15) is 5.26 Å². The molecule has 0 fully saturated rings. The molecule has 0 radical (unpaired) electrons. The molecule has 1 aromatic carbocycles. The summed E-state index contributed by atoms with van der Waals surface area (Å²) in [5.74, 6) is 0.499. The van der Waals surface area contributed by atoms with E-state index >= 15 is 0 Å². The van der Waals surface area contributed by atoms with E-state index < -0.39 is 0 Å². The number of rotatable bonds is 3. The molecule has 2 nitrogen and oxygen atoms in total. The summed E-state index contributed by atoms with van der Waals surface area (Å²) in [6, 6.07) is 11.1. The Morgan fingerprint density at radius 3 is 2.65 bits per heavy atom. The van der Waals surface area contributed by atoms with Crippen LogP contribution in [0.4, 0.5) is 0 Å². The molecule has 1 atom stereocenters. The Morgan fingerprint density at radius 2 is 2.06 bits per heavy atom. The van der Waals surface area contributed by atoms with Crippen molar-refractivity contribution in [2.45, 2.75) is 12.3 Å². The molecule has 0 aliphatic rings. The van der Waals surface area contributed by atoms with Crippen molar-refractivity contribution in [3.63, 3.8) is 0 Å². The number of halogens is 2. The van der Waals surface area contributed by atoms with Crippen LogP contribution in [0.5, 0.6) is 0 Å². The molecule has 86 valence electrons. The first-order valence-electron chi connectivity index (χ1n) is 5.07. The molecule has 2 aromatic rings. The van der Waals surface area contributed by atoms with Gasteiger partial charge in [0, 0.05) is 6.42 Å². The monoisotopic (exact) mass is 265 g/mol. The Kier molecular flexibility index (Phi) is 3.73. The van der Waals surface area contributed by atoms with Gasteiger partial charge in [0.2, 0.25) is 0 Å². The highest BCUT2D eigenvalue weighted by atomic mass is 35.5. The van der Waals surface area contributed by atoms with E-state index in [1.54, 1.807) is 24.5 Å². The van der Waals surface area contributed by atoms with Gasteiger partial charge in [-0.05, 0) is 29.8 Å². The van der Waals surface area contributed by atoms with Gasteiger partial charge in [-0.1, -0.05) is 29.3 Å². The molecule has 0 aliphatic carbocycles. The lowest BCUT2D eigenvalue weighted by Crippen LogP contribution is -1.99. The number of furan rings is 1. The highest BCUT2D eigenvalue weighted by Crippen LogP contribution is 2.28. The fraction of sp³-hybridized carbons (Fsp3) is 0.154. The van der Waals surface area contributed by atoms with Crippen molar-refractivity contribution in [1.82, 2.24) is 0 Å². The van der Waals surface area contributed by atoms with Crippen LogP contribution in [0.1, 0.15) is 17.2 Å². The van der Waals surface area contributed by atoms with Crippen LogP contribution in [0.3, 0.4) is 0 Å². The number of benzene rings is 1. The Morgan fingerprint density at radius 1 is 1.24 bits per heavy atom. The number of hydrogen-bond donors (Lipinski definition) is 0. The molecule has 1 aromatic heterocycles. The highest BCUT2D eigenvalue weighted by molar-refractivity contribution is 6.42. The zero-order chi connectivity index (χ0) is 12.3. The SMILES string of the molecule is N#CC(Cc1ccco1)c1ccc(Cl)c(Cl)c1. The lowest BCUT2D eigenvalue weighted by Gasteiger charge is -2.08. The number of hydrogen-bond acceptors (Lipinski definition) is 2. The topological polar surface area (TPSA) is 36.9 Å². The standard InChI is InChI=1S/C13H9Cl2NO/c14-12-4-3-9(7-13(12)15)10(8-16)6-11-2-1-5-17-11/h1-5,7,10H,6H2. The van der Waals surface area contributed by atoms with Crippen LogP contribution in [0, 0.1) is 11.3 Å². The molecular weight excluding hydrogens is 257 g/mol. The molecule has 0 bridgehead atoms. The normalized spacial score (nSPS) is 12.1. The smallest absolute Gasteiger partial charge is 0.105 e. The summed E-state index contributed by atoms with van der Waals surface area (Å²) in [6.45, 7) is 0. The minimum atomic E-state index is -0.282. The quantitative estimate of drug-likeness (QED) is 0.823. The van der Waals surface area contributed by atoms with E-state index in [2.05, 4.69) is 6.07 Å². The van der Waals surface area contributed by atoms with E-state index in [1.165, 1.54) is 0 Å². The van der Waals surface area contributed by atoms with Crippen molar-refractivity contribution in [2.24, 2.45) is 0 Å². The zero-order valence-electron chi connectivity index (χ0n) is 8.86. The molecule has 0 N–H and O–H groups in total. The van der Waals surface area contributed by atoms with Crippen molar-refractivity contribution in [2.75, 3.05) is 0 Å². The van der Waals surface area contributed by atoms with Gasteiger partial charge in [0.1, 0.15) is 5.76 Å². The number of nitriles is 1. The Labute approximate surface area is 109 Å². The van der Waals surface area contributed by atoms with Crippen molar-refractivity contribution in [3.05, 3.63) is 58.0 Å². The molecule has 0 saturated heterocycles. The molecule has 0 aliphatic heterocycles. The van der Waals surface area contributed by atoms with Gasteiger partial charge >= 0.3 is 0 Å². The van der Waals surface area contributed by atoms with Gasteiger partial charge in [-0.25, -0.2) is 0 Å². The van der Waals surface area contributed by atoms with Crippen LogP contribution in [0.15, 0.2) is 41.0 Å². The Hall–Kier alpha value is -1.43. The van der Waals surface area contributed by atoms with Crippen LogP contribution in [0.25, 0.3) is 0 Å². The van der Waals surface area contributed by atoms with Gasteiger partial charge in [-0.3, -0.25) is 0 Å². The van der Waals surface area contributed by atoms with Crippen LogP contribution in [-0.4, -0.2) is 0 Å². The molecule has 0 amide bonds. The molecule has 2 rings (SSSR count). The van der Waals surface area contributed by atoms with Crippen LogP contribution >= 0.6 is 23.2 Å². The van der Waals surface area contributed by atoms with Crippen LogP contribution in [-0.2, 0) is 6.42 Å².